The molecule has 162 valence electrons. The second-order valence-electron chi connectivity index (χ2n) is 8.49. The molecule has 0 amide bonds. The molecule has 2 bridgehead atoms. The van der Waals surface area contributed by atoms with Gasteiger partial charge in [-0.1, -0.05) is 11.8 Å². The van der Waals surface area contributed by atoms with Crippen molar-refractivity contribution in [2.75, 3.05) is 26.5 Å². The van der Waals surface area contributed by atoms with Gasteiger partial charge in [0.25, 0.3) is 0 Å². The molecule has 1 saturated heterocycles. The van der Waals surface area contributed by atoms with E-state index in [0.717, 1.165) is 45.9 Å². The molecule has 2 aliphatic rings. The molecule has 5 rings (SSSR count). The fourth-order valence-corrected chi connectivity index (χ4v) is 7.00. The van der Waals surface area contributed by atoms with Crippen LogP contribution in [-0.2, 0) is 5.60 Å². The molecule has 3 atom stereocenters. The van der Waals surface area contributed by atoms with E-state index >= 15 is 0 Å². The summed E-state index contributed by atoms with van der Waals surface area (Å²) >= 11 is 2.86. The molecule has 1 aliphatic carbocycles. The van der Waals surface area contributed by atoms with Gasteiger partial charge in [0.05, 0.1) is 23.3 Å². The third-order valence-corrected chi connectivity index (χ3v) is 8.82. The van der Waals surface area contributed by atoms with Crippen LogP contribution >= 0.6 is 23.1 Å². The Labute approximate surface area is 189 Å². The van der Waals surface area contributed by atoms with Gasteiger partial charge in [-0.2, -0.15) is 0 Å². The number of rotatable bonds is 6. The summed E-state index contributed by atoms with van der Waals surface area (Å²) in [4.78, 5) is 25.9. The van der Waals surface area contributed by atoms with Gasteiger partial charge in [-0.05, 0) is 57.1 Å². The Hall–Kier alpha value is -2.00. The summed E-state index contributed by atoms with van der Waals surface area (Å²) in [5.74, 6) is 2.01. The maximum atomic E-state index is 12.9. The second-order valence-corrected chi connectivity index (χ2v) is 10.5. The van der Waals surface area contributed by atoms with Crippen molar-refractivity contribution in [2.45, 2.75) is 36.4 Å². The first-order valence-electron chi connectivity index (χ1n) is 10.4. The number of benzene rings is 1. The number of nitrogens with zero attached hydrogens (tertiary/aromatic N) is 3. The molecule has 0 unspecified atom stereocenters. The van der Waals surface area contributed by atoms with Crippen molar-refractivity contribution >= 4 is 39.8 Å². The standard InChI is InChI=1S/C23H25N3O3S2/c1-13-24-18-5-4-16(29-3)9-17(18)22(25-13)30-12-19(27)20-6-7-21(31-20)23(28)10-15-8-14(23)11-26(15)2/h4-7,9,14-15,28H,8,10-12H2,1-3H3/t14-,15-,23-/m0/s1. The Morgan fingerprint density at radius 3 is 2.90 bits per heavy atom. The van der Waals surface area contributed by atoms with E-state index in [4.69, 9.17) is 4.74 Å². The van der Waals surface area contributed by atoms with Gasteiger partial charge >= 0.3 is 0 Å². The number of aryl methyl sites for hydroxylation is 1. The molecule has 1 aromatic carbocycles. The lowest BCUT2D eigenvalue weighted by molar-refractivity contribution is -0.0297. The van der Waals surface area contributed by atoms with E-state index in [1.54, 1.807) is 7.11 Å². The number of thioether (sulfide) groups is 1. The lowest BCUT2D eigenvalue weighted by Crippen LogP contribution is -2.41. The highest BCUT2D eigenvalue weighted by Crippen LogP contribution is 2.51. The number of thiophene rings is 1. The van der Waals surface area contributed by atoms with Gasteiger partial charge in [-0.3, -0.25) is 4.79 Å². The van der Waals surface area contributed by atoms with E-state index in [1.807, 2.05) is 37.3 Å². The molecular formula is C23H25N3O3S2. The SMILES string of the molecule is COc1ccc2nc(C)nc(SCC(=O)c3ccc([C@]4(O)C[C@@H]5C[C@H]4CN5C)s3)c2c1. The molecule has 2 fully saturated rings. The minimum atomic E-state index is -0.788. The van der Waals surface area contributed by atoms with Crippen LogP contribution in [0, 0.1) is 12.8 Å². The number of aromatic nitrogens is 2. The number of likely N-dealkylation sites (tertiary alicyclic amines) is 1. The maximum Gasteiger partial charge on any atom is 0.183 e. The number of ketones is 1. The number of hydrogen-bond acceptors (Lipinski definition) is 8. The summed E-state index contributed by atoms with van der Waals surface area (Å²) in [5, 5.41) is 13.0. The van der Waals surface area contributed by atoms with Crippen molar-refractivity contribution in [1.29, 1.82) is 0 Å². The van der Waals surface area contributed by atoms with Crippen molar-refractivity contribution in [3.8, 4) is 5.75 Å². The van der Waals surface area contributed by atoms with Crippen molar-refractivity contribution in [1.82, 2.24) is 14.9 Å². The monoisotopic (exact) mass is 455 g/mol. The molecule has 3 heterocycles. The minimum absolute atomic E-state index is 0.0532. The fraction of sp³-hybridized carbons (Fsp3) is 0.435. The maximum absolute atomic E-state index is 12.9. The summed E-state index contributed by atoms with van der Waals surface area (Å²) < 4.78 is 5.33. The van der Waals surface area contributed by atoms with Gasteiger partial charge in [0, 0.05) is 28.8 Å². The Balaban J connectivity index is 1.33. The zero-order valence-electron chi connectivity index (χ0n) is 17.8. The predicted molar refractivity (Wildman–Crippen MR) is 123 cm³/mol. The number of methoxy groups -OCH3 is 1. The van der Waals surface area contributed by atoms with Crippen LogP contribution in [-0.4, -0.2) is 58.3 Å². The van der Waals surface area contributed by atoms with E-state index < -0.39 is 5.60 Å². The van der Waals surface area contributed by atoms with Crippen molar-refractivity contribution in [3.05, 3.63) is 45.9 Å². The fourth-order valence-electron chi connectivity index (χ4n) is 4.85. The molecule has 2 aromatic heterocycles. The number of hydrogen-bond donors (Lipinski definition) is 1. The first-order valence-corrected chi connectivity index (χ1v) is 12.2. The number of fused-ring (bicyclic) bond motifs is 3. The Kier molecular flexibility index (Phi) is 5.29. The quantitative estimate of drug-likeness (QED) is 0.343. The van der Waals surface area contributed by atoms with Gasteiger partial charge in [-0.25, -0.2) is 9.97 Å². The molecule has 1 saturated carbocycles. The summed E-state index contributed by atoms with van der Waals surface area (Å²) in [7, 11) is 3.75. The average molecular weight is 456 g/mol. The molecule has 6 nitrogen and oxygen atoms in total. The molecule has 1 N–H and O–H groups in total. The van der Waals surface area contributed by atoms with E-state index in [0.29, 0.717) is 16.7 Å². The van der Waals surface area contributed by atoms with E-state index in [-0.39, 0.29) is 17.5 Å². The number of ether oxygens (including phenoxy) is 1. The van der Waals surface area contributed by atoms with Crippen molar-refractivity contribution in [3.63, 3.8) is 0 Å². The number of carbonyl (C=O) groups is 1. The lowest BCUT2D eigenvalue weighted by atomic mass is 9.88. The average Bonchev–Trinajstić information content (AvgIpc) is 3.46. The number of carbonyl (C=O) groups excluding carboxylic acids is 1. The van der Waals surface area contributed by atoms with Crippen LogP contribution in [0.4, 0.5) is 0 Å². The highest BCUT2D eigenvalue weighted by Gasteiger charge is 2.54. The van der Waals surface area contributed by atoms with E-state index in [1.165, 1.54) is 23.1 Å². The van der Waals surface area contributed by atoms with Crippen molar-refractivity contribution < 1.29 is 14.6 Å². The molecule has 0 spiro atoms. The summed E-state index contributed by atoms with van der Waals surface area (Å²) in [5.41, 5.74) is 0.0504. The molecule has 8 heteroatoms. The van der Waals surface area contributed by atoms with Gasteiger partial charge in [-0.15, -0.1) is 11.3 Å². The molecule has 31 heavy (non-hydrogen) atoms. The molecule has 0 radical (unpaired) electrons. The second kappa shape index (κ2) is 7.85. The summed E-state index contributed by atoms with van der Waals surface area (Å²) in [6.45, 7) is 2.77. The van der Waals surface area contributed by atoms with Gasteiger partial charge in [0.1, 0.15) is 22.2 Å². The Bertz CT molecular complexity index is 1160. The smallest absolute Gasteiger partial charge is 0.183 e. The van der Waals surface area contributed by atoms with E-state index in [2.05, 4.69) is 21.9 Å². The van der Waals surface area contributed by atoms with Crippen LogP contribution in [0.3, 0.4) is 0 Å². The van der Waals surface area contributed by atoms with Crippen LogP contribution < -0.4 is 4.74 Å². The largest absolute Gasteiger partial charge is 0.497 e. The summed E-state index contributed by atoms with van der Waals surface area (Å²) in [6, 6.07) is 9.94. The Morgan fingerprint density at radius 2 is 2.19 bits per heavy atom. The molecule has 3 aromatic rings. The van der Waals surface area contributed by atoms with Crippen LogP contribution in [0.25, 0.3) is 10.9 Å². The highest BCUT2D eigenvalue weighted by molar-refractivity contribution is 8.00. The third kappa shape index (κ3) is 3.65. The van der Waals surface area contributed by atoms with Gasteiger partial charge in [0.2, 0.25) is 0 Å². The van der Waals surface area contributed by atoms with Crippen LogP contribution in [0.5, 0.6) is 5.75 Å². The Morgan fingerprint density at radius 1 is 1.35 bits per heavy atom. The van der Waals surface area contributed by atoms with Crippen molar-refractivity contribution in [2.24, 2.45) is 5.92 Å². The topological polar surface area (TPSA) is 75.5 Å². The van der Waals surface area contributed by atoms with Gasteiger partial charge < -0.3 is 14.7 Å². The third-order valence-electron chi connectivity index (χ3n) is 6.54. The zero-order valence-corrected chi connectivity index (χ0v) is 19.4. The zero-order chi connectivity index (χ0) is 21.8. The number of Topliss-reactive ketones (excluding diaryl/α,β-unsaturated/α-hetero) is 1. The number of piperidine rings is 1. The van der Waals surface area contributed by atoms with Gasteiger partial charge in [0.15, 0.2) is 5.78 Å². The normalized spacial score (nSPS) is 25.4. The summed E-state index contributed by atoms with van der Waals surface area (Å²) in [6.07, 6.45) is 1.79. The predicted octanol–water partition coefficient (Wildman–Crippen LogP) is 3.89. The first kappa shape index (κ1) is 20.9. The van der Waals surface area contributed by atoms with Crippen LogP contribution in [0.1, 0.15) is 33.2 Å². The van der Waals surface area contributed by atoms with Crippen LogP contribution in [0.2, 0.25) is 0 Å². The highest BCUT2D eigenvalue weighted by atomic mass is 32.2. The number of aliphatic hydroxyl groups is 1. The first-order chi connectivity index (χ1) is 14.9. The molecule has 1 aliphatic heterocycles. The minimum Gasteiger partial charge on any atom is -0.497 e. The molecular weight excluding hydrogens is 430 g/mol. The lowest BCUT2D eigenvalue weighted by Gasteiger charge is -2.35. The van der Waals surface area contributed by atoms with Crippen LogP contribution in [0.15, 0.2) is 35.4 Å². The van der Waals surface area contributed by atoms with E-state index in [9.17, 15) is 9.90 Å².